The van der Waals surface area contributed by atoms with E-state index in [1.54, 1.807) is 43.3 Å². The number of aryl methyl sites for hydroxylation is 1. The maximum atomic E-state index is 12.8. The maximum Gasteiger partial charge on any atom is 0.262 e. The zero-order valence-electron chi connectivity index (χ0n) is 17.0. The minimum atomic E-state index is -3.78. The average molecular weight is 416 g/mol. The minimum absolute atomic E-state index is 0.115. The Morgan fingerprint density at radius 3 is 2.48 bits per heavy atom. The van der Waals surface area contributed by atoms with Crippen LogP contribution < -0.4 is 10.0 Å². The molecule has 1 heterocycles. The van der Waals surface area contributed by atoms with Crippen molar-refractivity contribution < 1.29 is 13.2 Å². The van der Waals surface area contributed by atoms with Gasteiger partial charge < -0.3 is 10.2 Å². The summed E-state index contributed by atoms with van der Waals surface area (Å²) in [5.41, 5.74) is 1.43. The fraction of sp³-hybridized carbons (Fsp3) is 0.409. The monoisotopic (exact) mass is 415 g/mol. The van der Waals surface area contributed by atoms with Crippen LogP contribution in [0.15, 0.2) is 53.4 Å². The molecule has 156 valence electrons. The summed E-state index contributed by atoms with van der Waals surface area (Å²) in [5.74, 6) is 0.393. The van der Waals surface area contributed by atoms with E-state index in [1.165, 1.54) is 6.07 Å². The van der Waals surface area contributed by atoms with E-state index in [0.29, 0.717) is 29.3 Å². The van der Waals surface area contributed by atoms with Crippen molar-refractivity contribution in [2.45, 2.75) is 31.1 Å². The quantitative estimate of drug-likeness (QED) is 0.728. The molecule has 0 atom stereocenters. The number of amides is 1. The molecule has 2 aromatic rings. The molecule has 1 aliphatic heterocycles. The lowest BCUT2D eigenvalue weighted by Gasteiger charge is -2.28. The molecule has 7 heteroatoms. The molecule has 2 aromatic carbocycles. The predicted molar refractivity (Wildman–Crippen MR) is 116 cm³/mol. The summed E-state index contributed by atoms with van der Waals surface area (Å²) in [4.78, 5) is 15.0. The largest absolute Gasteiger partial charge is 0.352 e. The molecule has 1 saturated heterocycles. The normalized spacial score (nSPS) is 15.8. The molecule has 0 aromatic heterocycles. The van der Waals surface area contributed by atoms with Crippen molar-refractivity contribution in [3.05, 3.63) is 59.7 Å². The highest BCUT2D eigenvalue weighted by Gasteiger charge is 2.20. The van der Waals surface area contributed by atoms with Crippen LogP contribution in [0.1, 0.15) is 35.2 Å². The van der Waals surface area contributed by atoms with Gasteiger partial charge in [0.05, 0.1) is 4.90 Å². The van der Waals surface area contributed by atoms with E-state index in [-0.39, 0.29) is 10.8 Å². The number of para-hydroxylation sites is 1. The highest BCUT2D eigenvalue weighted by Crippen LogP contribution is 2.21. The minimum Gasteiger partial charge on any atom is -0.352 e. The number of piperidine rings is 1. The summed E-state index contributed by atoms with van der Waals surface area (Å²) < 4.78 is 28.2. The number of rotatable bonds is 7. The number of nitrogens with one attached hydrogen (secondary N) is 2. The lowest BCUT2D eigenvalue weighted by Crippen LogP contribution is -2.32. The van der Waals surface area contributed by atoms with Gasteiger partial charge in [-0.1, -0.05) is 24.3 Å². The van der Waals surface area contributed by atoms with Crippen LogP contribution in [0.3, 0.4) is 0 Å². The number of sulfonamides is 1. The van der Waals surface area contributed by atoms with Gasteiger partial charge in [0, 0.05) is 17.8 Å². The van der Waals surface area contributed by atoms with Crippen LogP contribution in [0, 0.1) is 12.8 Å². The molecule has 0 bridgehead atoms. The third-order valence-corrected chi connectivity index (χ3v) is 6.97. The van der Waals surface area contributed by atoms with Crippen LogP contribution in [-0.2, 0) is 10.0 Å². The van der Waals surface area contributed by atoms with Gasteiger partial charge in [0.15, 0.2) is 0 Å². The third kappa shape index (κ3) is 5.81. The Bertz CT molecular complexity index is 937. The smallest absolute Gasteiger partial charge is 0.262 e. The Hall–Kier alpha value is -2.38. The van der Waals surface area contributed by atoms with Crippen molar-refractivity contribution in [3.63, 3.8) is 0 Å². The molecule has 1 fully saturated rings. The van der Waals surface area contributed by atoms with Crippen LogP contribution in [0.2, 0.25) is 0 Å². The molecule has 3 rings (SSSR count). The van der Waals surface area contributed by atoms with Crippen LogP contribution in [0.5, 0.6) is 0 Å². The van der Waals surface area contributed by atoms with Crippen molar-refractivity contribution in [2.75, 3.05) is 31.4 Å². The fourth-order valence-electron chi connectivity index (χ4n) is 3.59. The van der Waals surface area contributed by atoms with Crippen molar-refractivity contribution in [3.8, 4) is 0 Å². The van der Waals surface area contributed by atoms with Gasteiger partial charge in [-0.2, -0.15) is 0 Å². The van der Waals surface area contributed by atoms with Crippen molar-refractivity contribution >= 4 is 21.6 Å². The van der Waals surface area contributed by atoms with Crippen molar-refractivity contribution in [1.29, 1.82) is 0 Å². The van der Waals surface area contributed by atoms with Gasteiger partial charge in [-0.3, -0.25) is 9.52 Å². The van der Waals surface area contributed by atoms with E-state index in [2.05, 4.69) is 22.0 Å². The van der Waals surface area contributed by atoms with E-state index in [9.17, 15) is 13.2 Å². The Morgan fingerprint density at radius 2 is 1.79 bits per heavy atom. The molecular formula is C22H29N3O3S. The summed E-state index contributed by atoms with van der Waals surface area (Å²) in [6.07, 6.45) is 3.26. The fourth-order valence-corrected chi connectivity index (χ4v) is 4.92. The second kappa shape index (κ2) is 9.41. The molecule has 1 aliphatic rings. The summed E-state index contributed by atoms with van der Waals surface area (Å²) in [5, 5.41) is 2.94. The third-order valence-electron chi connectivity index (χ3n) is 5.44. The van der Waals surface area contributed by atoms with E-state index in [4.69, 9.17) is 0 Å². The molecular weight excluding hydrogens is 386 g/mol. The SMILES string of the molecule is Cc1ccc(C(=O)NCCC2CCN(C)CC2)cc1S(=O)(=O)Nc1ccccc1. The first kappa shape index (κ1) is 21.3. The molecule has 0 saturated carbocycles. The van der Waals surface area contributed by atoms with E-state index in [1.807, 2.05) is 6.07 Å². The number of anilines is 1. The van der Waals surface area contributed by atoms with Crippen LogP contribution in [0.25, 0.3) is 0 Å². The first-order chi connectivity index (χ1) is 13.8. The highest BCUT2D eigenvalue weighted by molar-refractivity contribution is 7.92. The van der Waals surface area contributed by atoms with Gasteiger partial charge in [-0.15, -0.1) is 0 Å². The Balaban J connectivity index is 1.64. The van der Waals surface area contributed by atoms with Gasteiger partial charge in [0.1, 0.15) is 0 Å². The standard InChI is InChI=1S/C22H29N3O3S/c1-17-8-9-19(22(26)23-13-10-18-11-14-25(2)15-12-18)16-21(17)29(27,28)24-20-6-4-3-5-7-20/h3-9,16,18,24H,10-15H2,1-2H3,(H,23,26). The molecule has 0 aliphatic carbocycles. The van der Waals surface area contributed by atoms with Crippen LogP contribution in [-0.4, -0.2) is 45.9 Å². The number of carbonyl (C=O) groups is 1. The van der Waals surface area contributed by atoms with E-state index in [0.717, 1.165) is 32.4 Å². The number of nitrogens with zero attached hydrogens (tertiary/aromatic N) is 1. The van der Waals surface area contributed by atoms with Crippen molar-refractivity contribution in [2.24, 2.45) is 5.92 Å². The average Bonchev–Trinajstić information content (AvgIpc) is 2.70. The summed E-state index contributed by atoms with van der Waals surface area (Å²) in [6, 6.07) is 13.5. The van der Waals surface area contributed by atoms with Crippen LogP contribution in [0.4, 0.5) is 5.69 Å². The number of likely N-dealkylation sites (tertiary alicyclic amines) is 1. The van der Waals surface area contributed by atoms with Gasteiger partial charge >= 0.3 is 0 Å². The van der Waals surface area contributed by atoms with Gasteiger partial charge in [0.25, 0.3) is 15.9 Å². The lowest BCUT2D eigenvalue weighted by molar-refractivity contribution is 0.0948. The highest BCUT2D eigenvalue weighted by atomic mass is 32.2. The van der Waals surface area contributed by atoms with Gasteiger partial charge in [-0.05, 0) is 82.1 Å². The second-order valence-electron chi connectivity index (χ2n) is 7.74. The summed E-state index contributed by atoms with van der Waals surface area (Å²) >= 11 is 0. The Morgan fingerprint density at radius 1 is 1.10 bits per heavy atom. The maximum absolute atomic E-state index is 12.8. The number of hydrogen-bond donors (Lipinski definition) is 2. The molecule has 29 heavy (non-hydrogen) atoms. The molecule has 0 unspecified atom stereocenters. The number of benzene rings is 2. The molecule has 1 amide bonds. The molecule has 2 N–H and O–H groups in total. The molecule has 6 nitrogen and oxygen atoms in total. The molecule has 0 spiro atoms. The van der Waals surface area contributed by atoms with Gasteiger partial charge in [-0.25, -0.2) is 8.42 Å². The van der Waals surface area contributed by atoms with Crippen molar-refractivity contribution in [1.82, 2.24) is 10.2 Å². The van der Waals surface area contributed by atoms with E-state index >= 15 is 0 Å². The first-order valence-corrected chi connectivity index (χ1v) is 11.5. The predicted octanol–water partition coefficient (Wildman–Crippen LogP) is 3.26. The topological polar surface area (TPSA) is 78.5 Å². The summed E-state index contributed by atoms with van der Waals surface area (Å²) in [6.45, 7) is 4.53. The Kier molecular flexibility index (Phi) is 6.92. The Labute approximate surface area is 173 Å². The zero-order valence-corrected chi connectivity index (χ0v) is 17.8. The second-order valence-corrected chi connectivity index (χ2v) is 9.39. The first-order valence-electron chi connectivity index (χ1n) is 10.0. The lowest BCUT2D eigenvalue weighted by atomic mass is 9.94. The zero-order chi connectivity index (χ0) is 20.9. The van der Waals surface area contributed by atoms with Crippen LogP contribution >= 0.6 is 0 Å². The number of hydrogen-bond acceptors (Lipinski definition) is 4. The summed E-state index contributed by atoms with van der Waals surface area (Å²) in [7, 11) is -1.64. The number of carbonyl (C=O) groups excluding carboxylic acids is 1. The molecule has 0 radical (unpaired) electrons. The van der Waals surface area contributed by atoms with E-state index < -0.39 is 10.0 Å². The van der Waals surface area contributed by atoms with Gasteiger partial charge in [0.2, 0.25) is 0 Å².